The topological polar surface area (TPSA) is 93.2 Å². The Morgan fingerprint density at radius 1 is 1.23 bits per heavy atom. The largest absolute Gasteiger partial charge is 0.383 e. The molecule has 2 N–H and O–H groups in total. The first-order chi connectivity index (χ1) is 16.8. The average molecular weight is 476 g/mol. The molecule has 35 heavy (non-hydrogen) atoms. The van der Waals surface area contributed by atoms with Gasteiger partial charge in [-0.05, 0) is 36.6 Å². The highest BCUT2D eigenvalue weighted by Gasteiger charge is 2.35. The smallest absolute Gasteiger partial charge is 0.272 e. The predicted octanol–water partition coefficient (Wildman–Crippen LogP) is 3.38. The van der Waals surface area contributed by atoms with Crippen molar-refractivity contribution in [2.24, 2.45) is 13.0 Å². The Labute approximate surface area is 200 Å². The normalized spacial score (nSPS) is 15.6. The molecule has 1 aliphatic rings. The summed E-state index contributed by atoms with van der Waals surface area (Å²) in [6, 6.07) is 4.82. The van der Waals surface area contributed by atoms with Crippen LogP contribution in [0.5, 0.6) is 0 Å². The van der Waals surface area contributed by atoms with Crippen LogP contribution >= 0.6 is 0 Å². The number of benzene rings is 1. The standard InChI is InChI=1S/C25H23F2N7O/c1-14-12-33(24-20(27)8-16(10-29-24)5-4-6-26)34(13-14)25(35)17-9-18-21(7-15(17)2)31-23(28)19-11-30-32(3)22(18)19/h7-11,14H,6,12-13H2,1-3H3,(H2,28,31). The maximum Gasteiger partial charge on any atom is 0.272 e. The Bertz CT molecular complexity index is 1550. The fourth-order valence-corrected chi connectivity index (χ4v) is 4.54. The molecule has 1 aromatic carbocycles. The Morgan fingerprint density at radius 3 is 2.77 bits per heavy atom. The second-order valence-electron chi connectivity index (χ2n) is 8.75. The summed E-state index contributed by atoms with van der Waals surface area (Å²) in [5.74, 6) is 4.36. The molecule has 4 heterocycles. The monoisotopic (exact) mass is 475 g/mol. The van der Waals surface area contributed by atoms with Crippen LogP contribution < -0.4 is 10.7 Å². The van der Waals surface area contributed by atoms with Gasteiger partial charge in [0.2, 0.25) is 0 Å². The molecule has 0 spiro atoms. The first kappa shape index (κ1) is 22.5. The second-order valence-corrected chi connectivity index (χ2v) is 8.75. The highest BCUT2D eigenvalue weighted by atomic mass is 19.1. The summed E-state index contributed by atoms with van der Waals surface area (Å²) in [7, 11) is 1.81. The summed E-state index contributed by atoms with van der Waals surface area (Å²) in [5.41, 5.74) is 9.03. The summed E-state index contributed by atoms with van der Waals surface area (Å²) in [6.07, 6.45) is 3.03. The first-order valence-electron chi connectivity index (χ1n) is 11.1. The van der Waals surface area contributed by atoms with Crippen molar-refractivity contribution < 1.29 is 13.6 Å². The van der Waals surface area contributed by atoms with Gasteiger partial charge < -0.3 is 5.73 Å². The van der Waals surface area contributed by atoms with Gasteiger partial charge in [-0.2, -0.15) is 5.10 Å². The molecule has 1 atom stereocenters. The molecule has 178 valence electrons. The van der Waals surface area contributed by atoms with E-state index in [0.717, 1.165) is 16.5 Å². The first-order valence-corrected chi connectivity index (χ1v) is 11.1. The van der Waals surface area contributed by atoms with Crippen LogP contribution in [0.1, 0.15) is 28.4 Å². The van der Waals surface area contributed by atoms with Crippen LogP contribution in [0.4, 0.5) is 20.4 Å². The summed E-state index contributed by atoms with van der Waals surface area (Å²) in [4.78, 5) is 22.5. The van der Waals surface area contributed by atoms with Crippen molar-refractivity contribution in [3.05, 3.63) is 53.1 Å². The molecular weight excluding hydrogens is 452 g/mol. The number of hydrogen-bond donors (Lipinski definition) is 1. The highest BCUT2D eigenvalue weighted by molar-refractivity contribution is 6.10. The third kappa shape index (κ3) is 3.79. The van der Waals surface area contributed by atoms with Crippen LogP contribution in [0.25, 0.3) is 21.8 Å². The summed E-state index contributed by atoms with van der Waals surface area (Å²) < 4.78 is 29.0. The van der Waals surface area contributed by atoms with Crippen LogP contribution in [-0.4, -0.2) is 50.4 Å². The Hall–Kier alpha value is -4.26. The molecule has 8 nitrogen and oxygen atoms in total. The fourth-order valence-electron chi connectivity index (χ4n) is 4.54. The van der Waals surface area contributed by atoms with E-state index < -0.39 is 12.5 Å². The maximum atomic E-state index is 15.0. The number of fused-ring (bicyclic) bond motifs is 3. The van der Waals surface area contributed by atoms with Crippen LogP contribution in [0.2, 0.25) is 0 Å². The van der Waals surface area contributed by atoms with Crippen molar-refractivity contribution in [2.45, 2.75) is 13.8 Å². The van der Waals surface area contributed by atoms with Crippen molar-refractivity contribution in [1.82, 2.24) is 24.8 Å². The molecule has 1 amide bonds. The number of nitrogens with zero attached hydrogens (tertiary/aromatic N) is 6. The second kappa shape index (κ2) is 8.51. The molecule has 0 saturated carbocycles. The van der Waals surface area contributed by atoms with Crippen molar-refractivity contribution in [3.8, 4) is 11.8 Å². The summed E-state index contributed by atoms with van der Waals surface area (Å²) >= 11 is 0. The third-order valence-corrected chi connectivity index (χ3v) is 6.14. The Balaban J connectivity index is 1.58. The molecule has 3 aromatic heterocycles. The number of amides is 1. The van der Waals surface area contributed by atoms with Gasteiger partial charge in [-0.15, -0.1) is 0 Å². The number of aromatic nitrogens is 4. The van der Waals surface area contributed by atoms with Gasteiger partial charge in [-0.3, -0.25) is 14.5 Å². The number of alkyl halides is 1. The van der Waals surface area contributed by atoms with E-state index in [2.05, 4.69) is 26.9 Å². The molecule has 10 heteroatoms. The van der Waals surface area contributed by atoms with Gasteiger partial charge in [0.1, 0.15) is 5.82 Å². The lowest BCUT2D eigenvalue weighted by Crippen LogP contribution is -2.42. The molecule has 5 rings (SSSR count). The van der Waals surface area contributed by atoms with E-state index in [1.54, 1.807) is 22.0 Å². The van der Waals surface area contributed by atoms with Gasteiger partial charge in [-0.1, -0.05) is 18.8 Å². The predicted molar refractivity (Wildman–Crippen MR) is 130 cm³/mol. The van der Waals surface area contributed by atoms with Crippen molar-refractivity contribution in [3.63, 3.8) is 0 Å². The zero-order chi connectivity index (χ0) is 24.9. The van der Waals surface area contributed by atoms with E-state index in [4.69, 9.17) is 5.73 Å². The molecule has 0 radical (unpaired) electrons. The lowest BCUT2D eigenvalue weighted by Gasteiger charge is -2.29. The van der Waals surface area contributed by atoms with E-state index >= 15 is 0 Å². The third-order valence-electron chi connectivity index (χ3n) is 6.14. The van der Waals surface area contributed by atoms with Crippen molar-refractivity contribution >= 4 is 39.3 Å². The molecule has 0 aliphatic carbocycles. The molecule has 0 bridgehead atoms. The minimum Gasteiger partial charge on any atom is -0.383 e. The minimum atomic E-state index is -0.826. The lowest BCUT2D eigenvalue weighted by molar-refractivity contribution is 0.0768. The van der Waals surface area contributed by atoms with Gasteiger partial charge in [0.25, 0.3) is 5.91 Å². The molecular formula is C25H23F2N7O. The molecule has 1 aliphatic heterocycles. The van der Waals surface area contributed by atoms with Crippen molar-refractivity contribution in [1.29, 1.82) is 0 Å². The number of halogens is 2. The number of carbonyl (C=O) groups is 1. The van der Waals surface area contributed by atoms with Crippen LogP contribution in [0.15, 0.2) is 30.6 Å². The number of aryl methyl sites for hydroxylation is 2. The van der Waals surface area contributed by atoms with Gasteiger partial charge in [0, 0.05) is 42.8 Å². The molecule has 1 saturated heterocycles. The zero-order valence-corrected chi connectivity index (χ0v) is 19.5. The number of nitrogen functional groups attached to an aromatic ring is 1. The summed E-state index contributed by atoms with van der Waals surface area (Å²) in [6.45, 7) is 3.81. The van der Waals surface area contributed by atoms with Gasteiger partial charge in [-0.25, -0.2) is 23.8 Å². The van der Waals surface area contributed by atoms with E-state index in [1.165, 1.54) is 17.3 Å². The minimum absolute atomic E-state index is 0.0235. The average Bonchev–Trinajstić information content (AvgIpc) is 3.40. The summed E-state index contributed by atoms with van der Waals surface area (Å²) in [5, 5.41) is 8.82. The number of hydrazine groups is 1. The fraction of sp³-hybridized carbons (Fsp3) is 0.280. The van der Waals surface area contributed by atoms with E-state index in [1.807, 2.05) is 27.0 Å². The van der Waals surface area contributed by atoms with Crippen LogP contribution in [0.3, 0.4) is 0 Å². The Morgan fingerprint density at radius 2 is 2.03 bits per heavy atom. The van der Waals surface area contributed by atoms with Gasteiger partial charge >= 0.3 is 0 Å². The SMILES string of the molecule is Cc1cc2nc(N)c3cnn(C)c3c2cc1C(=O)N1CC(C)CN1c1ncc(C#CCF)cc1F. The quantitative estimate of drug-likeness (QED) is 0.447. The lowest BCUT2D eigenvalue weighted by atomic mass is 10.0. The number of hydrogen-bond acceptors (Lipinski definition) is 6. The molecule has 1 fully saturated rings. The van der Waals surface area contributed by atoms with E-state index in [9.17, 15) is 13.6 Å². The van der Waals surface area contributed by atoms with E-state index in [-0.39, 0.29) is 23.2 Å². The van der Waals surface area contributed by atoms with E-state index in [0.29, 0.717) is 35.4 Å². The van der Waals surface area contributed by atoms with Gasteiger partial charge in [0.05, 0.1) is 22.6 Å². The number of nitrogens with two attached hydrogens (primary N) is 1. The maximum absolute atomic E-state index is 15.0. The van der Waals surface area contributed by atoms with Crippen LogP contribution in [-0.2, 0) is 7.05 Å². The molecule has 1 unspecified atom stereocenters. The van der Waals surface area contributed by atoms with Gasteiger partial charge in [0.15, 0.2) is 18.3 Å². The zero-order valence-electron chi connectivity index (χ0n) is 19.5. The molecule has 4 aromatic rings. The van der Waals surface area contributed by atoms with Crippen LogP contribution in [0, 0.1) is 30.5 Å². The number of rotatable bonds is 2. The van der Waals surface area contributed by atoms with Crippen molar-refractivity contribution in [2.75, 3.05) is 30.5 Å². The Kier molecular flexibility index (Phi) is 5.47. The number of carbonyl (C=O) groups excluding carboxylic acids is 1. The highest BCUT2D eigenvalue weighted by Crippen LogP contribution is 2.32. The number of anilines is 2. The number of pyridine rings is 2.